The molecule has 0 fully saturated rings. The second-order valence-corrected chi connectivity index (χ2v) is 4.72. The summed E-state index contributed by atoms with van der Waals surface area (Å²) in [6, 6.07) is 9.35. The monoisotopic (exact) mass is 246 g/mol. The lowest BCUT2D eigenvalue weighted by atomic mass is 10.0. The lowest BCUT2D eigenvalue weighted by Crippen LogP contribution is -2.48. The lowest BCUT2D eigenvalue weighted by molar-refractivity contribution is -0.147. The number of nitriles is 1. The fraction of sp³-hybridized carbons (Fsp3) is 0.429. The molecule has 0 bridgehead atoms. The number of nitrogens with zero attached hydrogens (tertiary/aromatic N) is 1. The van der Waals surface area contributed by atoms with Crippen LogP contribution in [0.25, 0.3) is 0 Å². The number of carbonyl (C=O) groups is 1. The van der Waals surface area contributed by atoms with Gasteiger partial charge in [-0.05, 0) is 38.5 Å². The van der Waals surface area contributed by atoms with Gasteiger partial charge in [-0.25, -0.2) is 0 Å². The number of hydrogen-bond donors (Lipinski definition) is 1. The highest BCUT2D eigenvalue weighted by Gasteiger charge is 2.30. The molecule has 4 heteroatoms. The van der Waals surface area contributed by atoms with E-state index in [0.717, 1.165) is 5.56 Å². The van der Waals surface area contributed by atoms with E-state index in [4.69, 9.17) is 10.00 Å². The van der Waals surface area contributed by atoms with E-state index < -0.39 is 5.54 Å². The predicted molar refractivity (Wildman–Crippen MR) is 68.8 cm³/mol. The summed E-state index contributed by atoms with van der Waals surface area (Å²) in [7, 11) is 1.37. The number of rotatable bonds is 4. The number of esters is 1. The Kier molecular flexibility index (Phi) is 4.46. The molecule has 0 spiro atoms. The Hall–Kier alpha value is -1.86. The highest BCUT2D eigenvalue weighted by Crippen LogP contribution is 2.17. The SMILES string of the molecule is COC(=O)C(C)(C)NC(C)c1ccc(C#N)cc1. The van der Waals surface area contributed by atoms with Crippen LogP contribution >= 0.6 is 0 Å². The van der Waals surface area contributed by atoms with Crippen molar-refractivity contribution < 1.29 is 9.53 Å². The largest absolute Gasteiger partial charge is 0.468 e. The Balaban J connectivity index is 2.79. The van der Waals surface area contributed by atoms with Gasteiger partial charge in [-0.2, -0.15) is 5.26 Å². The number of hydrogen-bond acceptors (Lipinski definition) is 4. The molecule has 0 radical (unpaired) electrons. The summed E-state index contributed by atoms with van der Waals surface area (Å²) in [5, 5.41) is 11.9. The third-order valence-electron chi connectivity index (χ3n) is 2.81. The first kappa shape index (κ1) is 14.2. The van der Waals surface area contributed by atoms with Gasteiger partial charge in [-0.3, -0.25) is 10.1 Å². The van der Waals surface area contributed by atoms with E-state index in [-0.39, 0.29) is 12.0 Å². The van der Waals surface area contributed by atoms with Gasteiger partial charge in [-0.15, -0.1) is 0 Å². The molecule has 18 heavy (non-hydrogen) atoms. The fourth-order valence-electron chi connectivity index (χ4n) is 1.79. The molecule has 4 nitrogen and oxygen atoms in total. The molecule has 1 atom stereocenters. The molecule has 0 saturated carbocycles. The lowest BCUT2D eigenvalue weighted by Gasteiger charge is -2.27. The minimum atomic E-state index is -0.748. The maximum Gasteiger partial charge on any atom is 0.325 e. The zero-order valence-corrected chi connectivity index (χ0v) is 11.2. The number of ether oxygens (including phenoxy) is 1. The quantitative estimate of drug-likeness (QED) is 0.827. The first-order valence-corrected chi connectivity index (χ1v) is 5.77. The first-order chi connectivity index (χ1) is 8.40. The molecule has 0 aliphatic carbocycles. The third-order valence-corrected chi connectivity index (χ3v) is 2.81. The van der Waals surface area contributed by atoms with Crippen LogP contribution in [0.4, 0.5) is 0 Å². The van der Waals surface area contributed by atoms with Gasteiger partial charge in [0.05, 0.1) is 18.7 Å². The molecule has 1 rings (SSSR count). The zero-order chi connectivity index (χ0) is 13.8. The molecule has 0 saturated heterocycles. The summed E-state index contributed by atoms with van der Waals surface area (Å²) in [6.45, 7) is 5.52. The van der Waals surface area contributed by atoms with E-state index in [1.165, 1.54) is 7.11 Å². The van der Waals surface area contributed by atoms with Crippen molar-refractivity contribution in [2.24, 2.45) is 0 Å². The predicted octanol–water partition coefficient (Wildman–Crippen LogP) is 2.16. The van der Waals surface area contributed by atoms with E-state index in [0.29, 0.717) is 5.56 Å². The van der Waals surface area contributed by atoms with E-state index in [9.17, 15) is 4.79 Å². The molecule has 0 aliphatic heterocycles. The Morgan fingerprint density at radius 1 is 1.39 bits per heavy atom. The molecule has 1 aromatic rings. The van der Waals surface area contributed by atoms with Gasteiger partial charge in [0.2, 0.25) is 0 Å². The van der Waals surface area contributed by atoms with E-state index in [1.54, 1.807) is 26.0 Å². The molecule has 1 aromatic carbocycles. The second kappa shape index (κ2) is 5.65. The van der Waals surface area contributed by atoms with Crippen molar-refractivity contribution in [1.29, 1.82) is 5.26 Å². The molecule has 0 aliphatic rings. The van der Waals surface area contributed by atoms with E-state index >= 15 is 0 Å². The van der Waals surface area contributed by atoms with Crippen LogP contribution in [-0.2, 0) is 9.53 Å². The van der Waals surface area contributed by atoms with Gasteiger partial charge >= 0.3 is 5.97 Å². The summed E-state index contributed by atoms with van der Waals surface area (Å²) < 4.78 is 4.74. The molecule has 0 heterocycles. The fourth-order valence-corrected chi connectivity index (χ4v) is 1.79. The van der Waals surface area contributed by atoms with Crippen LogP contribution in [-0.4, -0.2) is 18.6 Å². The molecular formula is C14H18N2O2. The van der Waals surface area contributed by atoms with Crippen molar-refractivity contribution in [2.75, 3.05) is 7.11 Å². The highest BCUT2D eigenvalue weighted by molar-refractivity contribution is 5.79. The minimum Gasteiger partial charge on any atom is -0.468 e. The van der Waals surface area contributed by atoms with Gasteiger partial charge < -0.3 is 4.74 Å². The average Bonchev–Trinajstić information content (AvgIpc) is 2.37. The van der Waals surface area contributed by atoms with Crippen molar-refractivity contribution in [3.63, 3.8) is 0 Å². The summed E-state index contributed by atoms with van der Waals surface area (Å²) in [6.07, 6.45) is 0. The average molecular weight is 246 g/mol. The normalized spacial score (nSPS) is 12.6. The van der Waals surface area contributed by atoms with Gasteiger partial charge in [0, 0.05) is 6.04 Å². The van der Waals surface area contributed by atoms with Crippen LogP contribution in [0.3, 0.4) is 0 Å². The zero-order valence-electron chi connectivity index (χ0n) is 11.2. The van der Waals surface area contributed by atoms with Crippen LogP contribution in [0.5, 0.6) is 0 Å². The number of methoxy groups -OCH3 is 1. The van der Waals surface area contributed by atoms with Crippen molar-refractivity contribution in [2.45, 2.75) is 32.4 Å². The summed E-state index contributed by atoms with van der Waals surface area (Å²) in [5.74, 6) is -0.303. The van der Waals surface area contributed by atoms with E-state index in [1.807, 2.05) is 19.1 Å². The van der Waals surface area contributed by atoms with E-state index in [2.05, 4.69) is 11.4 Å². The maximum absolute atomic E-state index is 11.6. The summed E-state index contributed by atoms with van der Waals surface area (Å²) >= 11 is 0. The number of nitrogens with one attached hydrogen (secondary N) is 1. The highest BCUT2D eigenvalue weighted by atomic mass is 16.5. The third kappa shape index (κ3) is 3.31. The van der Waals surface area contributed by atoms with Gasteiger partial charge in [0.25, 0.3) is 0 Å². The van der Waals surface area contributed by atoms with Crippen molar-refractivity contribution in [3.05, 3.63) is 35.4 Å². The smallest absolute Gasteiger partial charge is 0.325 e. The van der Waals surface area contributed by atoms with Gasteiger partial charge in [0.15, 0.2) is 0 Å². The first-order valence-electron chi connectivity index (χ1n) is 5.77. The Bertz CT molecular complexity index is 458. The Morgan fingerprint density at radius 2 is 1.94 bits per heavy atom. The Morgan fingerprint density at radius 3 is 2.39 bits per heavy atom. The summed E-state index contributed by atoms with van der Waals surface area (Å²) in [4.78, 5) is 11.6. The van der Waals surface area contributed by atoms with Crippen LogP contribution in [0.1, 0.15) is 37.9 Å². The number of benzene rings is 1. The van der Waals surface area contributed by atoms with Crippen LogP contribution < -0.4 is 5.32 Å². The van der Waals surface area contributed by atoms with Crippen LogP contribution in [0, 0.1) is 11.3 Å². The molecule has 0 amide bonds. The van der Waals surface area contributed by atoms with Gasteiger partial charge in [-0.1, -0.05) is 12.1 Å². The second-order valence-electron chi connectivity index (χ2n) is 4.72. The molecule has 0 aromatic heterocycles. The summed E-state index contributed by atoms with van der Waals surface area (Å²) in [5.41, 5.74) is 0.895. The molecule has 1 N–H and O–H groups in total. The molecular weight excluding hydrogens is 228 g/mol. The Labute approximate surface area is 108 Å². The maximum atomic E-state index is 11.6. The van der Waals surface area contributed by atoms with Crippen molar-refractivity contribution in [1.82, 2.24) is 5.32 Å². The molecule has 1 unspecified atom stereocenters. The van der Waals surface area contributed by atoms with Gasteiger partial charge in [0.1, 0.15) is 5.54 Å². The van der Waals surface area contributed by atoms with Crippen molar-refractivity contribution >= 4 is 5.97 Å². The molecule has 96 valence electrons. The topological polar surface area (TPSA) is 62.1 Å². The standard InChI is InChI=1S/C14H18N2O2/c1-10(16-14(2,3)13(17)18-4)12-7-5-11(9-15)6-8-12/h5-8,10,16H,1-4H3. The minimum absolute atomic E-state index is 0.00755. The van der Waals surface area contributed by atoms with Crippen molar-refractivity contribution in [3.8, 4) is 6.07 Å². The number of carbonyl (C=O) groups excluding carboxylic acids is 1. The van der Waals surface area contributed by atoms with Crippen LogP contribution in [0.15, 0.2) is 24.3 Å². The van der Waals surface area contributed by atoms with Crippen LogP contribution in [0.2, 0.25) is 0 Å².